The summed E-state index contributed by atoms with van der Waals surface area (Å²) in [7, 11) is 0. The second-order valence-corrected chi connectivity index (χ2v) is 8.72. The number of carbonyl (C=O) groups is 3. The number of hydrogen-bond donors (Lipinski definition) is 2. The number of esters is 2. The van der Waals surface area contributed by atoms with Crippen molar-refractivity contribution in [3.05, 3.63) is 34.4 Å². The number of carboxylic acid groups (broad SMARTS) is 1. The van der Waals surface area contributed by atoms with Crippen LogP contribution in [0.5, 0.6) is 0 Å². The van der Waals surface area contributed by atoms with E-state index in [0.717, 1.165) is 0 Å². The van der Waals surface area contributed by atoms with Crippen molar-refractivity contribution in [2.45, 2.75) is 89.8 Å². The van der Waals surface area contributed by atoms with E-state index in [4.69, 9.17) is 30.9 Å². The highest BCUT2D eigenvalue weighted by atomic mass is 35.5. The number of carboxylic acids is 1. The number of ether oxygens (including phenoxy) is 3. The number of halogens is 1. The van der Waals surface area contributed by atoms with Gasteiger partial charge in [-0.2, -0.15) is 0 Å². The van der Waals surface area contributed by atoms with Crippen LogP contribution in [0.25, 0.3) is 0 Å². The molecule has 32 heavy (non-hydrogen) atoms. The van der Waals surface area contributed by atoms with Crippen LogP contribution in [0.4, 0.5) is 0 Å². The average Bonchev–Trinajstić information content (AvgIpc) is 3.06. The first kappa shape index (κ1) is 26.1. The zero-order valence-electron chi connectivity index (χ0n) is 18.6. The molecular formula is C23H31ClO8. The molecule has 0 aromatic heterocycles. The van der Waals surface area contributed by atoms with Crippen LogP contribution in [-0.4, -0.2) is 58.6 Å². The van der Waals surface area contributed by atoms with Crippen molar-refractivity contribution in [3.63, 3.8) is 0 Å². The first-order valence-corrected chi connectivity index (χ1v) is 11.0. The molecule has 5 atom stereocenters. The highest BCUT2D eigenvalue weighted by Crippen LogP contribution is 2.31. The van der Waals surface area contributed by atoms with Gasteiger partial charge in [-0.05, 0) is 38.7 Å². The topological polar surface area (TPSA) is 119 Å². The third-order valence-corrected chi connectivity index (χ3v) is 5.71. The monoisotopic (exact) mass is 470 g/mol. The SMILES string of the molecule is CC(=O)O[C@@H]1CC(=O)O[C@@H]2C[C@@H](CC/C(Cl)=C\C/C=C/1C)OC2[C@@H](O)/C=C(\C)CC(=O)O. The predicted octanol–water partition coefficient (Wildman–Crippen LogP) is 3.41. The van der Waals surface area contributed by atoms with E-state index in [1.54, 1.807) is 13.8 Å². The number of aliphatic hydroxyl groups excluding tert-OH is 1. The molecule has 1 fully saturated rings. The Bertz CT molecular complexity index is 800. The molecule has 1 unspecified atom stereocenters. The molecular weight excluding hydrogens is 440 g/mol. The molecule has 2 N–H and O–H groups in total. The number of fused-ring (bicyclic) bond motifs is 2. The van der Waals surface area contributed by atoms with E-state index in [9.17, 15) is 19.5 Å². The number of rotatable bonds is 5. The fourth-order valence-corrected chi connectivity index (χ4v) is 4.01. The first-order chi connectivity index (χ1) is 15.0. The Balaban J connectivity index is 2.25. The van der Waals surface area contributed by atoms with Crippen LogP contribution in [0.1, 0.15) is 59.3 Å². The summed E-state index contributed by atoms with van der Waals surface area (Å²) in [5, 5.41) is 20.3. The minimum absolute atomic E-state index is 0.169. The van der Waals surface area contributed by atoms with E-state index in [0.29, 0.717) is 41.9 Å². The quantitative estimate of drug-likeness (QED) is 0.463. The minimum Gasteiger partial charge on any atom is -0.481 e. The van der Waals surface area contributed by atoms with E-state index in [2.05, 4.69) is 0 Å². The molecule has 0 amide bonds. The minimum atomic E-state index is -1.15. The van der Waals surface area contributed by atoms with Gasteiger partial charge in [-0.1, -0.05) is 35.4 Å². The lowest BCUT2D eigenvalue weighted by molar-refractivity contribution is -0.159. The smallest absolute Gasteiger partial charge is 0.310 e. The molecule has 0 spiro atoms. The summed E-state index contributed by atoms with van der Waals surface area (Å²) in [4.78, 5) is 35.1. The van der Waals surface area contributed by atoms with Gasteiger partial charge >= 0.3 is 17.9 Å². The fraction of sp³-hybridized carbons (Fsp3) is 0.609. The predicted molar refractivity (Wildman–Crippen MR) is 117 cm³/mol. The van der Waals surface area contributed by atoms with Crippen LogP contribution < -0.4 is 0 Å². The Morgan fingerprint density at radius 1 is 1.34 bits per heavy atom. The van der Waals surface area contributed by atoms with E-state index in [1.165, 1.54) is 13.0 Å². The lowest BCUT2D eigenvalue weighted by Crippen LogP contribution is -2.37. The van der Waals surface area contributed by atoms with Crippen molar-refractivity contribution in [1.82, 2.24) is 0 Å². The molecule has 2 rings (SSSR count). The summed E-state index contributed by atoms with van der Waals surface area (Å²) in [6.07, 6.45) is 3.01. The molecule has 0 aliphatic carbocycles. The standard InChI is InChI=1S/C23H31ClO8/c1-13(10-21(27)28)9-18(26)23-20-11-17(31-23)8-7-16(24)6-4-5-14(2)19(30-15(3)25)12-22(29)32-20/h5-6,9,17-20,23,26H,4,7-8,10-12H2,1-3H3,(H,27,28)/b13-9+,14-5+,16-6+/t17-,18+,19-,20-,23?/m1/s1. The second-order valence-electron chi connectivity index (χ2n) is 8.24. The van der Waals surface area contributed by atoms with Crippen LogP contribution in [0.2, 0.25) is 0 Å². The average molecular weight is 471 g/mol. The van der Waals surface area contributed by atoms with Gasteiger partial charge in [0.15, 0.2) is 0 Å². The maximum atomic E-state index is 12.7. The molecule has 2 heterocycles. The van der Waals surface area contributed by atoms with E-state index < -0.39 is 42.3 Å². The molecule has 1 saturated heterocycles. The third kappa shape index (κ3) is 8.41. The fourth-order valence-electron chi connectivity index (χ4n) is 3.81. The van der Waals surface area contributed by atoms with Crippen molar-refractivity contribution >= 4 is 29.5 Å². The number of allylic oxidation sites excluding steroid dienone is 3. The van der Waals surface area contributed by atoms with E-state index >= 15 is 0 Å². The maximum Gasteiger partial charge on any atom is 0.310 e. The highest BCUT2D eigenvalue weighted by molar-refractivity contribution is 6.29. The molecule has 9 heteroatoms. The van der Waals surface area contributed by atoms with Crippen molar-refractivity contribution in [1.29, 1.82) is 0 Å². The number of carbonyl (C=O) groups excluding carboxylic acids is 2. The van der Waals surface area contributed by atoms with Crippen molar-refractivity contribution in [2.75, 3.05) is 0 Å². The van der Waals surface area contributed by atoms with Crippen LogP contribution >= 0.6 is 11.6 Å². The second kappa shape index (κ2) is 12.2. The summed E-state index contributed by atoms with van der Waals surface area (Å²) in [5.41, 5.74) is 1.17. The zero-order chi connectivity index (χ0) is 23.8. The summed E-state index contributed by atoms with van der Waals surface area (Å²) in [5.74, 6) is -2.10. The van der Waals surface area contributed by atoms with Gasteiger partial charge in [-0.25, -0.2) is 0 Å². The normalized spacial score (nSPS) is 31.9. The van der Waals surface area contributed by atoms with Gasteiger partial charge < -0.3 is 24.4 Å². The van der Waals surface area contributed by atoms with Crippen LogP contribution in [0.3, 0.4) is 0 Å². The van der Waals surface area contributed by atoms with Gasteiger partial charge in [-0.3, -0.25) is 14.4 Å². The van der Waals surface area contributed by atoms with Crippen molar-refractivity contribution in [3.8, 4) is 0 Å². The summed E-state index contributed by atoms with van der Waals surface area (Å²) in [6, 6.07) is 0. The van der Waals surface area contributed by atoms with Gasteiger partial charge in [0.25, 0.3) is 0 Å². The highest BCUT2D eigenvalue weighted by Gasteiger charge is 2.41. The lowest BCUT2D eigenvalue weighted by atomic mass is 10.0. The van der Waals surface area contributed by atoms with Crippen molar-refractivity contribution < 1.29 is 38.8 Å². The number of aliphatic carboxylic acids is 1. The third-order valence-electron chi connectivity index (χ3n) is 5.37. The number of hydrogen-bond acceptors (Lipinski definition) is 7. The molecule has 0 aromatic carbocycles. The van der Waals surface area contributed by atoms with Gasteiger partial charge in [0.05, 0.1) is 18.9 Å². The first-order valence-electron chi connectivity index (χ1n) is 10.7. The Labute approximate surface area is 192 Å². The van der Waals surface area contributed by atoms with Gasteiger partial charge in [0, 0.05) is 18.4 Å². The Kier molecular flexibility index (Phi) is 9.93. The summed E-state index contributed by atoms with van der Waals surface area (Å²) < 4.78 is 16.9. The van der Waals surface area contributed by atoms with Gasteiger partial charge in [-0.15, -0.1) is 0 Å². The summed E-state index contributed by atoms with van der Waals surface area (Å²) in [6.45, 7) is 4.64. The Hall–Kier alpha value is -2.16. The molecule has 8 nitrogen and oxygen atoms in total. The maximum absolute atomic E-state index is 12.7. The van der Waals surface area contributed by atoms with E-state index in [1.807, 2.05) is 12.2 Å². The Morgan fingerprint density at radius 3 is 2.72 bits per heavy atom. The van der Waals surface area contributed by atoms with E-state index in [-0.39, 0.29) is 18.9 Å². The summed E-state index contributed by atoms with van der Waals surface area (Å²) >= 11 is 6.32. The van der Waals surface area contributed by atoms with Gasteiger partial charge in [0.2, 0.25) is 0 Å². The van der Waals surface area contributed by atoms with Gasteiger partial charge in [0.1, 0.15) is 24.4 Å². The molecule has 0 aromatic rings. The molecule has 2 bridgehead atoms. The Morgan fingerprint density at radius 2 is 2.06 bits per heavy atom. The van der Waals surface area contributed by atoms with Crippen LogP contribution in [0, 0.1) is 0 Å². The molecule has 178 valence electrons. The molecule has 0 radical (unpaired) electrons. The van der Waals surface area contributed by atoms with Crippen LogP contribution in [-0.2, 0) is 28.6 Å². The van der Waals surface area contributed by atoms with Crippen LogP contribution in [0.15, 0.2) is 34.4 Å². The number of aliphatic hydroxyl groups is 1. The molecule has 2 aliphatic rings. The molecule has 2 aliphatic heterocycles. The lowest BCUT2D eigenvalue weighted by Gasteiger charge is -2.24. The molecule has 0 saturated carbocycles. The largest absolute Gasteiger partial charge is 0.481 e. The van der Waals surface area contributed by atoms with Crippen molar-refractivity contribution in [2.24, 2.45) is 0 Å². The zero-order valence-corrected chi connectivity index (χ0v) is 19.3.